The number of aryl methyl sites for hydroxylation is 3. The van der Waals surface area contributed by atoms with Gasteiger partial charge in [0.1, 0.15) is 0 Å². The third-order valence-corrected chi connectivity index (χ3v) is 4.87. The van der Waals surface area contributed by atoms with Gasteiger partial charge in [0.25, 0.3) is 0 Å². The van der Waals surface area contributed by atoms with Crippen LogP contribution in [-0.4, -0.2) is 16.1 Å². The van der Waals surface area contributed by atoms with Crippen LogP contribution in [0, 0.1) is 6.92 Å². The number of nitrogens with one attached hydrogen (secondary N) is 1. The second-order valence-electron chi connectivity index (χ2n) is 6.29. The maximum atomic E-state index is 6.06. The van der Waals surface area contributed by atoms with E-state index >= 15 is 0 Å². The molecule has 3 nitrogen and oxygen atoms in total. The normalized spacial score (nSPS) is 14.2. The highest BCUT2D eigenvalue weighted by Crippen LogP contribution is 2.29. The lowest BCUT2D eigenvalue weighted by molar-refractivity contribution is 0.594. The zero-order valence-electron chi connectivity index (χ0n) is 13.3. The van der Waals surface area contributed by atoms with E-state index in [1.807, 2.05) is 12.3 Å². The van der Waals surface area contributed by atoms with Crippen molar-refractivity contribution < 1.29 is 0 Å². The second kappa shape index (κ2) is 5.99. The Labute approximate surface area is 141 Å². The van der Waals surface area contributed by atoms with Crippen LogP contribution in [-0.2, 0) is 25.9 Å². The molecule has 1 aliphatic heterocycles. The molecule has 0 radical (unpaired) electrons. The van der Waals surface area contributed by atoms with Crippen LogP contribution < -0.4 is 5.32 Å². The summed E-state index contributed by atoms with van der Waals surface area (Å²) >= 11 is 6.06. The number of aromatic nitrogens is 2. The molecule has 118 valence electrons. The van der Waals surface area contributed by atoms with Crippen molar-refractivity contribution in [3.63, 3.8) is 0 Å². The topological polar surface area (TPSA) is 29.9 Å². The Kier molecular flexibility index (Phi) is 3.83. The van der Waals surface area contributed by atoms with E-state index in [4.69, 9.17) is 11.6 Å². The Morgan fingerprint density at radius 2 is 2.17 bits per heavy atom. The van der Waals surface area contributed by atoms with Crippen LogP contribution in [0.2, 0.25) is 5.02 Å². The van der Waals surface area contributed by atoms with E-state index in [1.165, 1.54) is 33.3 Å². The number of hydrogen-bond acceptors (Lipinski definition) is 2. The number of pyridine rings is 1. The van der Waals surface area contributed by atoms with Crippen LogP contribution in [0.1, 0.15) is 22.4 Å². The fourth-order valence-corrected chi connectivity index (χ4v) is 3.78. The van der Waals surface area contributed by atoms with Gasteiger partial charge in [-0.2, -0.15) is 0 Å². The molecule has 1 N–H and O–H groups in total. The Hall–Kier alpha value is -1.84. The molecule has 0 unspecified atom stereocenters. The van der Waals surface area contributed by atoms with Crippen molar-refractivity contribution in [1.82, 2.24) is 14.9 Å². The average Bonchev–Trinajstić information content (AvgIpc) is 2.86. The van der Waals surface area contributed by atoms with Crippen molar-refractivity contribution in [3.8, 4) is 0 Å². The summed E-state index contributed by atoms with van der Waals surface area (Å²) in [5.41, 5.74) is 6.81. The van der Waals surface area contributed by atoms with Crippen molar-refractivity contribution in [1.29, 1.82) is 0 Å². The molecule has 2 aromatic heterocycles. The lowest BCUT2D eigenvalue weighted by Gasteiger charge is -2.17. The lowest BCUT2D eigenvalue weighted by atomic mass is 10.0. The van der Waals surface area contributed by atoms with Crippen LogP contribution in [0.5, 0.6) is 0 Å². The zero-order valence-corrected chi connectivity index (χ0v) is 14.0. The van der Waals surface area contributed by atoms with E-state index in [2.05, 4.69) is 40.0 Å². The summed E-state index contributed by atoms with van der Waals surface area (Å²) in [6, 6.07) is 8.80. The molecule has 0 bridgehead atoms. The maximum absolute atomic E-state index is 6.06. The van der Waals surface area contributed by atoms with Gasteiger partial charge in [-0.15, -0.1) is 0 Å². The first-order chi connectivity index (χ1) is 11.2. The fraction of sp³-hybridized carbons (Fsp3) is 0.316. The van der Waals surface area contributed by atoms with Gasteiger partial charge in [0.05, 0.1) is 5.02 Å². The standard InChI is InChI=1S/C19H20ClN3/c1-13-2-3-18-16(8-13)17-12-21-6-4-19(17)23(18)7-5-14-9-15(20)11-22-10-14/h2-3,8-11,21H,4-7,12H2,1H3. The first kappa shape index (κ1) is 14.7. The highest BCUT2D eigenvalue weighted by atomic mass is 35.5. The quantitative estimate of drug-likeness (QED) is 0.792. The molecule has 3 aromatic rings. The number of hydrogen-bond donors (Lipinski definition) is 1. The Morgan fingerprint density at radius 1 is 1.26 bits per heavy atom. The summed E-state index contributed by atoms with van der Waals surface area (Å²) in [7, 11) is 0. The number of halogens is 1. The van der Waals surface area contributed by atoms with Crippen LogP contribution >= 0.6 is 11.6 Å². The van der Waals surface area contributed by atoms with Gasteiger partial charge in [-0.1, -0.05) is 23.2 Å². The minimum absolute atomic E-state index is 0.710. The van der Waals surface area contributed by atoms with Crippen molar-refractivity contribution in [3.05, 3.63) is 64.1 Å². The molecule has 0 amide bonds. The summed E-state index contributed by atoms with van der Waals surface area (Å²) in [5, 5.41) is 5.62. The predicted molar refractivity (Wildman–Crippen MR) is 95.0 cm³/mol. The smallest absolute Gasteiger partial charge is 0.0592 e. The molecular formula is C19H20ClN3. The van der Waals surface area contributed by atoms with Gasteiger partial charge < -0.3 is 9.88 Å². The van der Waals surface area contributed by atoms with E-state index in [0.717, 1.165) is 32.5 Å². The van der Waals surface area contributed by atoms with Crippen LogP contribution in [0.15, 0.2) is 36.7 Å². The molecule has 0 fully saturated rings. The molecule has 0 atom stereocenters. The van der Waals surface area contributed by atoms with Gasteiger partial charge in [-0.25, -0.2) is 0 Å². The summed E-state index contributed by atoms with van der Waals surface area (Å²) < 4.78 is 2.49. The molecule has 0 aliphatic carbocycles. The van der Waals surface area contributed by atoms with E-state index in [1.54, 1.807) is 6.20 Å². The average molecular weight is 326 g/mol. The maximum Gasteiger partial charge on any atom is 0.0592 e. The van der Waals surface area contributed by atoms with Gasteiger partial charge in [-0.3, -0.25) is 4.98 Å². The van der Waals surface area contributed by atoms with Crippen LogP contribution in [0.4, 0.5) is 0 Å². The first-order valence-electron chi connectivity index (χ1n) is 8.13. The molecule has 4 rings (SSSR count). The highest BCUT2D eigenvalue weighted by Gasteiger charge is 2.19. The van der Waals surface area contributed by atoms with Crippen molar-refractivity contribution in [2.75, 3.05) is 6.54 Å². The molecule has 1 aromatic carbocycles. The Morgan fingerprint density at radius 3 is 3.04 bits per heavy atom. The van der Waals surface area contributed by atoms with Gasteiger partial charge in [-0.05, 0) is 42.7 Å². The third-order valence-electron chi connectivity index (χ3n) is 4.67. The number of rotatable bonds is 3. The van der Waals surface area contributed by atoms with E-state index in [0.29, 0.717) is 5.02 Å². The highest BCUT2D eigenvalue weighted by molar-refractivity contribution is 6.30. The van der Waals surface area contributed by atoms with E-state index in [-0.39, 0.29) is 0 Å². The van der Waals surface area contributed by atoms with Gasteiger partial charge in [0, 0.05) is 55.0 Å². The van der Waals surface area contributed by atoms with E-state index in [9.17, 15) is 0 Å². The second-order valence-corrected chi connectivity index (χ2v) is 6.72. The number of nitrogens with zero attached hydrogens (tertiary/aromatic N) is 2. The molecule has 4 heteroatoms. The Bertz CT molecular complexity index is 866. The zero-order chi connectivity index (χ0) is 15.8. The van der Waals surface area contributed by atoms with Crippen LogP contribution in [0.25, 0.3) is 10.9 Å². The van der Waals surface area contributed by atoms with Gasteiger partial charge >= 0.3 is 0 Å². The first-order valence-corrected chi connectivity index (χ1v) is 8.51. The summed E-state index contributed by atoms with van der Waals surface area (Å²) in [5.74, 6) is 0. The van der Waals surface area contributed by atoms with E-state index < -0.39 is 0 Å². The lowest BCUT2D eigenvalue weighted by Crippen LogP contribution is -2.24. The molecule has 3 heterocycles. The molecule has 1 aliphatic rings. The van der Waals surface area contributed by atoms with Gasteiger partial charge in [0.2, 0.25) is 0 Å². The van der Waals surface area contributed by atoms with Crippen molar-refractivity contribution in [2.45, 2.75) is 32.9 Å². The minimum Gasteiger partial charge on any atom is -0.344 e. The summed E-state index contributed by atoms with van der Waals surface area (Å²) in [6.07, 6.45) is 5.64. The van der Waals surface area contributed by atoms with Crippen LogP contribution in [0.3, 0.4) is 0 Å². The molecular weight excluding hydrogens is 306 g/mol. The Balaban J connectivity index is 1.74. The van der Waals surface area contributed by atoms with Crippen molar-refractivity contribution >= 4 is 22.5 Å². The molecule has 0 saturated carbocycles. The fourth-order valence-electron chi connectivity index (χ4n) is 3.58. The summed E-state index contributed by atoms with van der Waals surface area (Å²) in [6.45, 7) is 5.16. The monoisotopic (exact) mass is 325 g/mol. The molecule has 23 heavy (non-hydrogen) atoms. The number of benzene rings is 1. The number of fused-ring (bicyclic) bond motifs is 3. The van der Waals surface area contributed by atoms with Crippen molar-refractivity contribution in [2.24, 2.45) is 0 Å². The third kappa shape index (κ3) is 2.75. The minimum atomic E-state index is 0.710. The molecule has 0 saturated heterocycles. The SMILES string of the molecule is Cc1ccc2c(c1)c1c(n2CCc2cncc(Cl)c2)CCNC1. The predicted octanol–water partition coefficient (Wildman–Crippen LogP) is 3.89. The largest absolute Gasteiger partial charge is 0.344 e. The van der Waals surface area contributed by atoms with Gasteiger partial charge in [0.15, 0.2) is 0 Å². The summed E-state index contributed by atoms with van der Waals surface area (Å²) in [4.78, 5) is 4.19. The molecule has 0 spiro atoms.